The summed E-state index contributed by atoms with van der Waals surface area (Å²) >= 11 is 6.30. The highest BCUT2D eigenvalue weighted by atomic mass is 35.5. The average Bonchev–Trinajstić information content (AvgIpc) is 2.80. The third-order valence-electron chi connectivity index (χ3n) is 5.76. The van der Waals surface area contributed by atoms with Crippen molar-refractivity contribution in [1.82, 2.24) is 15.2 Å². The number of benzene rings is 1. The van der Waals surface area contributed by atoms with Gasteiger partial charge in [-0.2, -0.15) is 0 Å². The number of pyridine rings is 1. The van der Waals surface area contributed by atoms with Crippen molar-refractivity contribution >= 4 is 23.4 Å². The molecule has 11 heteroatoms. The summed E-state index contributed by atoms with van der Waals surface area (Å²) in [4.78, 5) is 23.2. The van der Waals surface area contributed by atoms with Gasteiger partial charge in [0.05, 0.1) is 25.0 Å². The number of aliphatic hydroxyl groups excluding tert-OH is 1. The number of ether oxygens (including phenoxy) is 1. The molecule has 3 heterocycles. The molecule has 1 atom stereocenters. The number of methoxy groups -OCH3 is 1. The van der Waals surface area contributed by atoms with Gasteiger partial charge in [-0.3, -0.25) is 9.89 Å². The third kappa shape index (κ3) is 5.08. The van der Waals surface area contributed by atoms with Crippen LogP contribution in [0.25, 0.3) is 0 Å². The molecule has 0 saturated carbocycles. The van der Waals surface area contributed by atoms with Gasteiger partial charge < -0.3 is 15.2 Å². The molecule has 1 saturated heterocycles. The molecule has 34 heavy (non-hydrogen) atoms. The van der Waals surface area contributed by atoms with Crippen LogP contribution in [0.3, 0.4) is 0 Å². The third-order valence-corrected chi connectivity index (χ3v) is 6.09. The zero-order valence-electron chi connectivity index (χ0n) is 18.2. The van der Waals surface area contributed by atoms with Crippen LogP contribution in [0.1, 0.15) is 30.1 Å². The van der Waals surface area contributed by atoms with Crippen molar-refractivity contribution < 1.29 is 27.8 Å². The summed E-state index contributed by atoms with van der Waals surface area (Å²) in [7, 11) is 1.22. The largest absolute Gasteiger partial charge is 0.466 e. The number of nitrogens with zero attached hydrogens (tertiary/aromatic N) is 3. The number of halogens is 4. The molecule has 7 nitrogen and oxygen atoms in total. The highest BCUT2D eigenvalue weighted by Crippen LogP contribution is 2.36. The Morgan fingerprint density at radius 2 is 1.97 bits per heavy atom. The van der Waals surface area contributed by atoms with E-state index >= 15 is 0 Å². The molecule has 0 unspecified atom stereocenters. The van der Waals surface area contributed by atoms with Crippen molar-refractivity contribution in [3.8, 4) is 0 Å². The number of amidine groups is 1. The van der Waals surface area contributed by atoms with E-state index in [1.165, 1.54) is 19.2 Å². The van der Waals surface area contributed by atoms with E-state index in [9.17, 15) is 23.1 Å². The zero-order chi connectivity index (χ0) is 24.4. The van der Waals surface area contributed by atoms with E-state index in [-0.39, 0.29) is 28.7 Å². The Balaban J connectivity index is 1.83. The summed E-state index contributed by atoms with van der Waals surface area (Å²) in [5, 5.41) is 12.8. The molecule has 0 aliphatic carbocycles. The molecule has 2 aliphatic heterocycles. The van der Waals surface area contributed by atoms with Crippen LogP contribution in [0.5, 0.6) is 0 Å². The Morgan fingerprint density at radius 1 is 1.24 bits per heavy atom. The van der Waals surface area contributed by atoms with E-state index in [1.54, 1.807) is 0 Å². The molecule has 0 bridgehead atoms. The van der Waals surface area contributed by atoms with Gasteiger partial charge in [0.15, 0.2) is 11.7 Å². The summed E-state index contributed by atoms with van der Waals surface area (Å²) < 4.78 is 46.8. The average molecular weight is 495 g/mol. The van der Waals surface area contributed by atoms with Gasteiger partial charge in [0.1, 0.15) is 23.4 Å². The highest BCUT2D eigenvalue weighted by Gasteiger charge is 2.35. The SMILES string of the molecule is COC(=O)C1=C(CN2CCC(O)CC2)NC(c2ncc(F)cc2F)=N[C@H]1c1ccc(F)cc1Cl. The fourth-order valence-electron chi connectivity index (χ4n) is 4.03. The van der Waals surface area contributed by atoms with Crippen LogP contribution in [-0.2, 0) is 9.53 Å². The number of carbonyl (C=O) groups excluding carboxylic acids is 1. The summed E-state index contributed by atoms with van der Waals surface area (Å²) in [6.45, 7) is 1.37. The normalized spacial score (nSPS) is 19.6. The molecule has 2 aliphatic rings. The first-order valence-electron chi connectivity index (χ1n) is 10.6. The molecule has 0 spiro atoms. The number of piperidine rings is 1. The summed E-state index contributed by atoms with van der Waals surface area (Å²) in [6.07, 6.45) is 1.57. The van der Waals surface area contributed by atoms with Gasteiger partial charge in [-0.15, -0.1) is 0 Å². The van der Waals surface area contributed by atoms with Crippen molar-refractivity contribution in [2.45, 2.75) is 25.0 Å². The number of nitrogens with one attached hydrogen (secondary N) is 1. The number of aliphatic imine (C=N–C) groups is 1. The Hall–Kier alpha value is -2.95. The van der Waals surface area contributed by atoms with E-state index in [2.05, 4.69) is 15.3 Å². The highest BCUT2D eigenvalue weighted by molar-refractivity contribution is 6.31. The van der Waals surface area contributed by atoms with Crippen LogP contribution in [0.4, 0.5) is 13.2 Å². The quantitative estimate of drug-likeness (QED) is 0.621. The number of carbonyl (C=O) groups is 1. The van der Waals surface area contributed by atoms with Crippen LogP contribution in [0.2, 0.25) is 5.02 Å². The molecule has 1 aromatic heterocycles. The molecular weight excluding hydrogens is 473 g/mol. The van der Waals surface area contributed by atoms with Crippen molar-refractivity contribution in [2.75, 3.05) is 26.7 Å². The fraction of sp³-hybridized carbons (Fsp3) is 0.348. The lowest BCUT2D eigenvalue weighted by Gasteiger charge is -2.33. The summed E-state index contributed by atoms with van der Waals surface area (Å²) in [5.41, 5.74) is 0.536. The number of aromatic nitrogens is 1. The van der Waals surface area contributed by atoms with Gasteiger partial charge in [-0.1, -0.05) is 17.7 Å². The smallest absolute Gasteiger partial charge is 0.338 e. The first-order valence-corrected chi connectivity index (χ1v) is 11.0. The van der Waals surface area contributed by atoms with E-state index in [4.69, 9.17) is 16.3 Å². The summed E-state index contributed by atoms with van der Waals surface area (Å²) in [6, 6.07) is 3.27. The maximum absolute atomic E-state index is 14.6. The number of hydrogen-bond acceptors (Lipinski definition) is 7. The molecule has 4 rings (SSSR count). The molecule has 0 radical (unpaired) electrons. The van der Waals surface area contributed by atoms with Gasteiger partial charge in [0, 0.05) is 42.0 Å². The Labute approximate surface area is 198 Å². The van der Waals surface area contributed by atoms with Crippen LogP contribution in [-0.4, -0.2) is 59.6 Å². The van der Waals surface area contributed by atoms with E-state index in [0.29, 0.717) is 43.3 Å². The minimum absolute atomic E-state index is 0.0179. The maximum Gasteiger partial charge on any atom is 0.338 e. The summed E-state index contributed by atoms with van der Waals surface area (Å²) in [5.74, 6) is -3.11. The van der Waals surface area contributed by atoms with Crippen molar-refractivity contribution in [3.63, 3.8) is 0 Å². The lowest BCUT2D eigenvalue weighted by atomic mass is 9.94. The molecule has 180 valence electrons. The molecule has 0 amide bonds. The molecule has 1 aromatic carbocycles. The number of likely N-dealkylation sites (tertiary alicyclic amines) is 1. The number of rotatable bonds is 5. The first kappa shape index (κ1) is 24.2. The Kier molecular flexibility index (Phi) is 7.20. The monoisotopic (exact) mass is 494 g/mol. The van der Waals surface area contributed by atoms with Crippen molar-refractivity contribution in [1.29, 1.82) is 0 Å². The number of esters is 1. The van der Waals surface area contributed by atoms with Crippen molar-refractivity contribution in [3.05, 3.63) is 75.5 Å². The van der Waals surface area contributed by atoms with E-state index < -0.39 is 35.6 Å². The van der Waals surface area contributed by atoms with Gasteiger partial charge in [0.2, 0.25) is 0 Å². The predicted octanol–water partition coefficient (Wildman–Crippen LogP) is 3.13. The molecule has 2 N–H and O–H groups in total. The Bertz CT molecular complexity index is 1170. The number of hydrogen-bond donors (Lipinski definition) is 2. The molecular formula is C23H22ClF3N4O3. The van der Waals surface area contributed by atoms with Gasteiger partial charge >= 0.3 is 5.97 Å². The second-order valence-electron chi connectivity index (χ2n) is 8.05. The zero-order valence-corrected chi connectivity index (χ0v) is 19.0. The van der Waals surface area contributed by atoms with E-state index in [1.807, 2.05) is 4.90 Å². The molecule has 1 fully saturated rings. The van der Waals surface area contributed by atoms with Gasteiger partial charge in [-0.05, 0) is 25.0 Å². The number of aliphatic hydroxyl groups is 1. The van der Waals surface area contributed by atoms with Gasteiger partial charge in [0.25, 0.3) is 0 Å². The second kappa shape index (κ2) is 10.1. The lowest BCUT2D eigenvalue weighted by Crippen LogP contribution is -2.43. The van der Waals surface area contributed by atoms with Crippen LogP contribution < -0.4 is 5.32 Å². The Morgan fingerprint density at radius 3 is 2.62 bits per heavy atom. The van der Waals surface area contributed by atoms with Crippen LogP contribution >= 0.6 is 11.6 Å². The standard InChI is InChI=1S/C23H22ClF3N4O3/c1-34-23(33)19-18(11-31-6-4-14(32)5-7-31)29-22(21-17(27)9-13(26)10-28-21)30-20(19)15-3-2-12(25)8-16(15)24/h2-3,8-10,14,20,32H,4-7,11H2,1H3,(H,29,30)/t20-/m0/s1. The minimum atomic E-state index is -1.06. The topological polar surface area (TPSA) is 87.0 Å². The molecule has 2 aromatic rings. The van der Waals surface area contributed by atoms with Crippen molar-refractivity contribution in [2.24, 2.45) is 4.99 Å². The minimum Gasteiger partial charge on any atom is -0.466 e. The van der Waals surface area contributed by atoms with Crippen LogP contribution in [0, 0.1) is 17.5 Å². The predicted molar refractivity (Wildman–Crippen MR) is 119 cm³/mol. The van der Waals surface area contributed by atoms with E-state index in [0.717, 1.165) is 12.3 Å². The lowest BCUT2D eigenvalue weighted by molar-refractivity contribution is -0.136. The maximum atomic E-state index is 14.6. The fourth-order valence-corrected chi connectivity index (χ4v) is 4.30. The van der Waals surface area contributed by atoms with Gasteiger partial charge in [-0.25, -0.2) is 22.9 Å². The van der Waals surface area contributed by atoms with Crippen LogP contribution in [0.15, 0.2) is 46.7 Å². The first-order chi connectivity index (χ1) is 16.3. The second-order valence-corrected chi connectivity index (χ2v) is 8.45.